The average molecular weight is 415 g/mol. The molecule has 9 unspecified atom stereocenters. The molecule has 170 valence electrons. The van der Waals surface area contributed by atoms with E-state index in [-0.39, 0.29) is 12.2 Å². The molecule has 0 saturated heterocycles. The Balaban J connectivity index is 1.52. The highest BCUT2D eigenvalue weighted by molar-refractivity contribution is 5.25. The van der Waals surface area contributed by atoms with Gasteiger partial charge in [-0.1, -0.05) is 44.1 Å². The molecular formula is C28H46O2. The third-order valence-electron chi connectivity index (χ3n) is 10.3. The summed E-state index contributed by atoms with van der Waals surface area (Å²) in [5.41, 5.74) is 3.82. The van der Waals surface area contributed by atoms with Gasteiger partial charge in [0.05, 0.1) is 12.2 Å². The second kappa shape index (κ2) is 8.39. The maximum absolute atomic E-state index is 10.2. The summed E-state index contributed by atoms with van der Waals surface area (Å²) in [6.45, 7) is 12.1. The molecule has 3 saturated carbocycles. The van der Waals surface area contributed by atoms with E-state index in [1.54, 1.807) is 5.57 Å². The van der Waals surface area contributed by atoms with Crippen molar-refractivity contribution in [2.45, 2.75) is 105 Å². The highest BCUT2D eigenvalue weighted by atomic mass is 16.5. The van der Waals surface area contributed by atoms with Crippen LogP contribution in [0, 0.1) is 40.4 Å². The van der Waals surface area contributed by atoms with Gasteiger partial charge in [0.15, 0.2) is 0 Å². The number of rotatable bonds is 5. The molecule has 4 aliphatic rings. The van der Waals surface area contributed by atoms with Crippen LogP contribution in [0.1, 0.15) is 92.4 Å². The molecule has 2 nitrogen and oxygen atoms in total. The van der Waals surface area contributed by atoms with Crippen LogP contribution in [0.2, 0.25) is 0 Å². The monoisotopic (exact) mass is 414 g/mol. The van der Waals surface area contributed by atoms with Crippen molar-refractivity contribution in [2.75, 3.05) is 7.11 Å². The van der Waals surface area contributed by atoms with Crippen molar-refractivity contribution >= 4 is 0 Å². The largest absolute Gasteiger partial charge is 0.393 e. The number of ether oxygens (including phenoxy) is 1. The SMILES string of the molecule is COC(C=C(C)C)CC(C)C1CCC2C3CC=C4CC(O)CCC4(C)C3CCC12C. The Morgan fingerprint density at radius 2 is 1.93 bits per heavy atom. The van der Waals surface area contributed by atoms with Gasteiger partial charge in [-0.15, -0.1) is 0 Å². The van der Waals surface area contributed by atoms with E-state index < -0.39 is 0 Å². The summed E-state index contributed by atoms with van der Waals surface area (Å²) < 4.78 is 5.82. The number of aliphatic hydroxyl groups is 1. The van der Waals surface area contributed by atoms with Crippen molar-refractivity contribution < 1.29 is 9.84 Å². The van der Waals surface area contributed by atoms with Crippen LogP contribution >= 0.6 is 0 Å². The van der Waals surface area contributed by atoms with Crippen LogP contribution in [-0.2, 0) is 4.74 Å². The van der Waals surface area contributed by atoms with Gasteiger partial charge in [-0.3, -0.25) is 0 Å². The number of allylic oxidation sites excluding steroid dienone is 2. The first-order valence-corrected chi connectivity index (χ1v) is 12.7. The Morgan fingerprint density at radius 1 is 1.17 bits per heavy atom. The van der Waals surface area contributed by atoms with Crippen LogP contribution < -0.4 is 0 Å². The van der Waals surface area contributed by atoms with Crippen molar-refractivity contribution in [3.8, 4) is 0 Å². The Hall–Kier alpha value is -0.600. The van der Waals surface area contributed by atoms with Crippen LogP contribution in [0.4, 0.5) is 0 Å². The number of hydrogen-bond donors (Lipinski definition) is 1. The predicted molar refractivity (Wildman–Crippen MR) is 125 cm³/mol. The van der Waals surface area contributed by atoms with E-state index in [9.17, 15) is 5.11 Å². The van der Waals surface area contributed by atoms with E-state index in [0.717, 1.165) is 42.9 Å². The van der Waals surface area contributed by atoms with Gasteiger partial charge in [-0.05, 0) is 112 Å². The molecule has 3 fully saturated rings. The van der Waals surface area contributed by atoms with E-state index in [0.29, 0.717) is 16.7 Å². The minimum absolute atomic E-state index is 0.0963. The second-order valence-electron chi connectivity index (χ2n) is 12.1. The van der Waals surface area contributed by atoms with Crippen LogP contribution in [0.15, 0.2) is 23.3 Å². The topological polar surface area (TPSA) is 29.5 Å². The zero-order valence-electron chi connectivity index (χ0n) is 20.4. The van der Waals surface area contributed by atoms with Crippen molar-refractivity contribution in [2.24, 2.45) is 40.4 Å². The smallest absolute Gasteiger partial charge is 0.0757 e. The van der Waals surface area contributed by atoms with Crippen LogP contribution in [-0.4, -0.2) is 24.4 Å². The highest BCUT2D eigenvalue weighted by Crippen LogP contribution is 2.67. The summed E-state index contributed by atoms with van der Waals surface area (Å²) in [7, 11) is 1.87. The second-order valence-corrected chi connectivity index (χ2v) is 12.1. The van der Waals surface area contributed by atoms with E-state index in [1.165, 1.54) is 44.1 Å². The lowest BCUT2D eigenvalue weighted by atomic mass is 9.47. The van der Waals surface area contributed by atoms with Gasteiger partial charge in [0.2, 0.25) is 0 Å². The molecule has 0 aromatic heterocycles. The van der Waals surface area contributed by atoms with Crippen molar-refractivity contribution in [1.29, 1.82) is 0 Å². The number of fused-ring (bicyclic) bond motifs is 5. The minimum Gasteiger partial charge on any atom is -0.393 e. The average Bonchev–Trinajstić information content (AvgIpc) is 3.05. The minimum atomic E-state index is -0.0963. The first-order valence-electron chi connectivity index (χ1n) is 12.7. The maximum Gasteiger partial charge on any atom is 0.0757 e. The quantitative estimate of drug-likeness (QED) is 0.494. The molecule has 0 amide bonds. The van der Waals surface area contributed by atoms with Gasteiger partial charge in [-0.2, -0.15) is 0 Å². The fraction of sp³-hybridized carbons (Fsp3) is 0.857. The standard InChI is InChI=1S/C28H46O2/c1-18(2)15-22(30-6)16-19(3)24-9-10-25-23-8-7-20-17-21(29)11-13-27(20,4)26(23)12-14-28(24,25)5/h7,15,19,21-26,29H,8-14,16-17H2,1-6H3. The lowest BCUT2D eigenvalue weighted by Crippen LogP contribution is -2.50. The Bertz CT molecular complexity index is 689. The number of aliphatic hydroxyl groups excluding tert-OH is 1. The van der Waals surface area contributed by atoms with E-state index in [1.807, 2.05) is 7.11 Å². The van der Waals surface area contributed by atoms with Gasteiger partial charge < -0.3 is 9.84 Å². The summed E-state index contributed by atoms with van der Waals surface area (Å²) in [4.78, 5) is 0. The molecule has 1 N–H and O–H groups in total. The lowest BCUT2D eigenvalue weighted by molar-refractivity contribution is -0.0592. The van der Waals surface area contributed by atoms with Crippen molar-refractivity contribution in [3.63, 3.8) is 0 Å². The molecule has 2 heteroatoms. The van der Waals surface area contributed by atoms with Gasteiger partial charge in [-0.25, -0.2) is 0 Å². The zero-order valence-corrected chi connectivity index (χ0v) is 20.4. The van der Waals surface area contributed by atoms with E-state index >= 15 is 0 Å². The third kappa shape index (κ3) is 3.75. The van der Waals surface area contributed by atoms with Gasteiger partial charge >= 0.3 is 0 Å². The van der Waals surface area contributed by atoms with E-state index in [4.69, 9.17) is 4.74 Å². The molecule has 4 aliphatic carbocycles. The molecule has 9 atom stereocenters. The Morgan fingerprint density at radius 3 is 2.63 bits per heavy atom. The maximum atomic E-state index is 10.2. The third-order valence-corrected chi connectivity index (χ3v) is 10.3. The summed E-state index contributed by atoms with van der Waals surface area (Å²) >= 11 is 0. The molecule has 0 aromatic rings. The Labute approximate surface area is 185 Å². The summed E-state index contributed by atoms with van der Waals surface area (Å²) in [6, 6.07) is 0. The fourth-order valence-corrected chi connectivity index (χ4v) is 8.75. The Kier molecular flexibility index (Phi) is 6.32. The summed E-state index contributed by atoms with van der Waals surface area (Å²) in [5, 5.41) is 10.2. The number of methoxy groups -OCH3 is 1. The number of hydrogen-bond acceptors (Lipinski definition) is 2. The van der Waals surface area contributed by atoms with E-state index in [2.05, 4.69) is 46.8 Å². The van der Waals surface area contributed by atoms with Gasteiger partial charge in [0.1, 0.15) is 0 Å². The van der Waals surface area contributed by atoms with Crippen LogP contribution in [0.5, 0.6) is 0 Å². The molecule has 4 rings (SSSR count). The summed E-state index contributed by atoms with van der Waals surface area (Å²) in [6.07, 6.45) is 16.2. The molecule has 0 aliphatic heterocycles. The normalized spacial score (nSPS) is 44.9. The zero-order chi connectivity index (χ0) is 21.7. The van der Waals surface area contributed by atoms with Gasteiger partial charge in [0, 0.05) is 7.11 Å². The molecule has 0 heterocycles. The molecule has 0 radical (unpaired) electrons. The van der Waals surface area contributed by atoms with Crippen molar-refractivity contribution in [3.05, 3.63) is 23.3 Å². The predicted octanol–water partition coefficient (Wildman–Crippen LogP) is 6.93. The summed E-state index contributed by atoms with van der Waals surface area (Å²) in [5.74, 6) is 4.13. The molecule has 0 aromatic carbocycles. The molecule has 0 spiro atoms. The first-order chi connectivity index (χ1) is 14.2. The lowest BCUT2D eigenvalue weighted by Gasteiger charge is -2.58. The molecule has 0 bridgehead atoms. The molecular weight excluding hydrogens is 368 g/mol. The molecule has 30 heavy (non-hydrogen) atoms. The van der Waals surface area contributed by atoms with Crippen LogP contribution in [0.25, 0.3) is 0 Å². The first kappa shape index (κ1) is 22.6. The van der Waals surface area contributed by atoms with Crippen LogP contribution in [0.3, 0.4) is 0 Å². The fourth-order valence-electron chi connectivity index (χ4n) is 8.75. The van der Waals surface area contributed by atoms with Crippen molar-refractivity contribution in [1.82, 2.24) is 0 Å². The van der Waals surface area contributed by atoms with Gasteiger partial charge in [0.25, 0.3) is 0 Å². The highest BCUT2D eigenvalue weighted by Gasteiger charge is 2.59.